The van der Waals surface area contributed by atoms with E-state index in [1.165, 1.54) is 30.7 Å². The maximum atomic E-state index is 6.05. The van der Waals surface area contributed by atoms with Crippen molar-refractivity contribution in [3.05, 3.63) is 36.4 Å². The average Bonchev–Trinajstić information content (AvgIpc) is 2.87. The zero-order chi connectivity index (χ0) is 13.6. The average molecular weight is 260 g/mol. The highest BCUT2D eigenvalue weighted by Crippen LogP contribution is 2.53. The number of likely N-dealkylation sites (tertiary alicyclic amines) is 1. The third-order valence-corrected chi connectivity index (χ3v) is 5.06. The van der Waals surface area contributed by atoms with E-state index in [9.17, 15) is 0 Å². The summed E-state index contributed by atoms with van der Waals surface area (Å²) in [5, 5.41) is 0. The van der Waals surface area contributed by atoms with Crippen molar-refractivity contribution in [1.82, 2.24) is 4.90 Å². The summed E-state index contributed by atoms with van der Waals surface area (Å²) in [5.41, 5.74) is 8.82. The van der Waals surface area contributed by atoms with Gasteiger partial charge in [-0.2, -0.15) is 0 Å². The second kappa shape index (κ2) is 4.41. The number of hydrogen-bond donors (Lipinski definition) is 1. The van der Waals surface area contributed by atoms with Gasteiger partial charge in [0.25, 0.3) is 0 Å². The molecule has 3 heteroatoms. The molecule has 19 heavy (non-hydrogen) atoms. The number of ether oxygens (including phenoxy) is 1. The first-order chi connectivity index (χ1) is 9.02. The zero-order valence-corrected chi connectivity index (χ0v) is 11.8. The Morgan fingerprint density at radius 1 is 1.37 bits per heavy atom. The molecule has 2 fully saturated rings. The van der Waals surface area contributed by atoms with Gasteiger partial charge in [-0.25, -0.2) is 0 Å². The fraction of sp³-hybridized carbons (Fsp3) is 0.625. The highest BCUT2D eigenvalue weighted by atomic mass is 16.5. The van der Waals surface area contributed by atoms with Crippen molar-refractivity contribution >= 4 is 0 Å². The fourth-order valence-corrected chi connectivity index (χ4v) is 4.01. The Balaban J connectivity index is 1.83. The zero-order valence-electron chi connectivity index (χ0n) is 11.8. The van der Waals surface area contributed by atoms with Gasteiger partial charge in [0.15, 0.2) is 0 Å². The lowest BCUT2D eigenvalue weighted by Crippen LogP contribution is -2.34. The molecule has 0 amide bonds. The third kappa shape index (κ3) is 2.00. The first-order valence-corrected chi connectivity index (χ1v) is 7.28. The maximum absolute atomic E-state index is 6.05. The van der Waals surface area contributed by atoms with Crippen LogP contribution in [0.1, 0.15) is 39.0 Å². The van der Waals surface area contributed by atoms with E-state index in [0.29, 0.717) is 18.7 Å². The minimum Gasteiger partial charge on any atom is -0.488 e. The van der Waals surface area contributed by atoms with Crippen LogP contribution in [0.4, 0.5) is 0 Å². The molecule has 2 heterocycles. The van der Waals surface area contributed by atoms with E-state index in [1.54, 1.807) is 0 Å². The van der Waals surface area contributed by atoms with Crippen LogP contribution >= 0.6 is 0 Å². The van der Waals surface area contributed by atoms with E-state index in [4.69, 9.17) is 10.5 Å². The van der Waals surface area contributed by atoms with Crippen LogP contribution in [0, 0.1) is 5.41 Å². The van der Waals surface area contributed by atoms with Gasteiger partial charge < -0.3 is 15.4 Å². The summed E-state index contributed by atoms with van der Waals surface area (Å²) >= 11 is 0. The molecule has 3 rings (SSSR count). The number of rotatable bonds is 1. The van der Waals surface area contributed by atoms with Crippen LogP contribution in [0.3, 0.4) is 0 Å². The van der Waals surface area contributed by atoms with Crippen LogP contribution in [0.15, 0.2) is 36.4 Å². The van der Waals surface area contributed by atoms with Crippen LogP contribution in [0.2, 0.25) is 0 Å². The Hall–Kier alpha value is -1.22. The van der Waals surface area contributed by atoms with Crippen LogP contribution in [-0.2, 0) is 4.74 Å². The lowest BCUT2D eigenvalue weighted by molar-refractivity contribution is 0.221. The standard InChI is InChI=1S/C16H24N2O/c1-11-9-16(6-4-14(17)5-7-16)13(3)18(11)15-8-12(2)19-10-15/h8,11,14H,2-7,9-10,17H2,1H3/t11-,14?,16?/m1/s1. The van der Waals surface area contributed by atoms with Gasteiger partial charge >= 0.3 is 0 Å². The van der Waals surface area contributed by atoms with Crippen molar-refractivity contribution < 1.29 is 4.74 Å². The molecule has 2 aliphatic heterocycles. The molecule has 1 aliphatic carbocycles. The van der Waals surface area contributed by atoms with Crippen LogP contribution in [-0.4, -0.2) is 23.6 Å². The number of nitrogens with two attached hydrogens (primary N) is 1. The summed E-state index contributed by atoms with van der Waals surface area (Å²) in [7, 11) is 0. The van der Waals surface area contributed by atoms with Gasteiger partial charge in [-0.3, -0.25) is 0 Å². The van der Waals surface area contributed by atoms with Crippen molar-refractivity contribution in [2.75, 3.05) is 6.61 Å². The molecule has 0 bridgehead atoms. The van der Waals surface area contributed by atoms with E-state index in [1.807, 2.05) is 0 Å². The Bertz CT molecular complexity index is 444. The molecular weight excluding hydrogens is 236 g/mol. The number of allylic oxidation sites excluding steroid dienone is 2. The van der Waals surface area contributed by atoms with Crippen molar-refractivity contribution in [2.24, 2.45) is 11.1 Å². The molecule has 1 saturated carbocycles. The molecule has 1 spiro atoms. The monoisotopic (exact) mass is 260 g/mol. The summed E-state index contributed by atoms with van der Waals surface area (Å²) in [6, 6.07) is 0.888. The lowest BCUT2D eigenvalue weighted by Gasteiger charge is -2.37. The Morgan fingerprint density at radius 2 is 2.05 bits per heavy atom. The van der Waals surface area contributed by atoms with Gasteiger partial charge in [-0.15, -0.1) is 0 Å². The van der Waals surface area contributed by atoms with Crippen molar-refractivity contribution in [3.8, 4) is 0 Å². The Morgan fingerprint density at radius 3 is 2.63 bits per heavy atom. The largest absolute Gasteiger partial charge is 0.488 e. The SMILES string of the molecule is C=C1C=C(N2C(=C)C3(CCC(N)CC3)C[C@H]2C)CO1. The highest BCUT2D eigenvalue weighted by molar-refractivity contribution is 5.31. The molecule has 0 aromatic rings. The van der Waals surface area contributed by atoms with Gasteiger partial charge in [0, 0.05) is 29.3 Å². The van der Waals surface area contributed by atoms with Gasteiger partial charge in [-0.1, -0.05) is 13.2 Å². The predicted octanol–water partition coefficient (Wildman–Crippen LogP) is 2.91. The molecule has 0 aromatic carbocycles. The van der Waals surface area contributed by atoms with Crippen LogP contribution < -0.4 is 5.73 Å². The normalized spacial score (nSPS) is 38.8. The van der Waals surface area contributed by atoms with Gasteiger partial charge in [0.05, 0.1) is 5.70 Å². The number of nitrogens with zero attached hydrogens (tertiary/aromatic N) is 1. The second-order valence-electron chi connectivity index (χ2n) is 6.38. The molecule has 104 valence electrons. The molecule has 1 atom stereocenters. The number of hydrogen-bond acceptors (Lipinski definition) is 3. The van der Waals surface area contributed by atoms with E-state index in [0.717, 1.165) is 18.6 Å². The van der Waals surface area contributed by atoms with Crippen molar-refractivity contribution in [3.63, 3.8) is 0 Å². The molecule has 3 aliphatic rings. The van der Waals surface area contributed by atoms with Crippen molar-refractivity contribution in [1.29, 1.82) is 0 Å². The van der Waals surface area contributed by atoms with Crippen LogP contribution in [0.5, 0.6) is 0 Å². The molecule has 0 aromatic heterocycles. The topological polar surface area (TPSA) is 38.5 Å². The van der Waals surface area contributed by atoms with Gasteiger partial charge in [0.2, 0.25) is 0 Å². The Kier molecular flexibility index (Phi) is 2.97. The summed E-state index contributed by atoms with van der Waals surface area (Å²) in [6.45, 7) is 11.2. The van der Waals surface area contributed by atoms with E-state index in [-0.39, 0.29) is 5.41 Å². The summed E-state index contributed by atoms with van der Waals surface area (Å²) in [4.78, 5) is 2.38. The van der Waals surface area contributed by atoms with E-state index in [2.05, 4.69) is 31.1 Å². The second-order valence-corrected chi connectivity index (χ2v) is 6.38. The summed E-state index contributed by atoms with van der Waals surface area (Å²) in [6.07, 6.45) is 7.87. The molecule has 2 N–H and O–H groups in total. The minimum atomic E-state index is 0.278. The highest BCUT2D eigenvalue weighted by Gasteiger charge is 2.47. The predicted molar refractivity (Wildman–Crippen MR) is 77.1 cm³/mol. The van der Waals surface area contributed by atoms with Gasteiger partial charge in [0.1, 0.15) is 12.4 Å². The molecule has 1 saturated heterocycles. The first-order valence-electron chi connectivity index (χ1n) is 7.28. The molecule has 0 unspecified atom stereocenters. The third-order valence-electron chi connectivity index (χ3n) is 5.06. The van der Waals surface area contributed by atoms with E-state index >= 15 is 0 Å². The van der Waals surface area contributed by atoms with Crippen LogP contribution in [0.25, 0.3) is 0 Å². The smallest absolute Gasteiger partial charge is 0.128 e. The molecule has 3 nitrogen and oxygen atoms in total. The van der Waals surface area contributed by atoms with Gasteiger partial charge in [-0.05, 0) is 39.0 Å². The molecular formula is C16H24N2O. The van der Waals surface area contributed by atoms with E-state index < -0.39 is 0 Å². The molecule has 0 radical (unpaired) electrons. The fourth-order valence-electron chi connectivity index (χ4n) is 4.01. The lowest BCUT2D eigenvalue weighted by atomic mass is 9.70. The summed E-state index contributed by atoms with van der Waals surface area (Å²) < 4.78 is 5.48. The minimum absolute atomic E-state index is 0.278. The summed E-state index contributed by atoms with van der Waals surface area (Å²) in [5.74, 6) is 0.765. The first kappa shape index (κ1) is 12.8. The quantitative estimate of drug-likeness (QED) is 0.788. The maximum Gasteiger partial charge on any atom is 0.128 e. The Labute approximate surface area is 115 Å². The van der Waals surface area contributed by atoms with Crippen molar-refractivity contribution in [2.45, 2.75) is 51.1 Å².